The molecule has 0 aromatic heterocycles. The first-order chi connectivity index (χ1) is 7.65. The van der Waals surface area contributed by atoms with Crippen LogP contribution in [0.2, 0.25) is 0 Å². The topological polar surface area (TPSA) is 44.1 Å². The van der Waals surface area contributed by atoms with Crippen molar-refractivity contribution in [1.29, 1.82) is 5.26 Å². The van der Waals surface area contributed by atoms with Gasteiger partial charge in [-0.05, 0) is 18.1 Å². The molecule has 0 heterocycles. The summed E-state index contributed by atoms with van der Waals surface area (Å²) in [5.41, 5.74) is 1.17. The largest absolute Gasteiger partial charge is 0.345 e. The third kappa shape index (κ3) is 3.67. The summed E-state index contributed by atoms with van der Waals surface area (Å²) in [5.74, 6) is -0.130. The van der Waals surface area contributed by atoms with Gasteiger partial charge in [-0.15, -0.1) is 0 Å². The zero-order chi connectivity index (χ0) is 12.0. The van der Waals surface area contributed by atoms with Gasteiger partial charge in [-0.25, -0.2) is 0 Å². The number of halogens is 1. The SMILES string of the molecule is CN(CCc1ccccc1Br)C(=O)CC#N. The van der Waals surface area contributed by atoms with E-state index in [-0.39, 0.29) is 12.3 Å². The van der Waals surface area contributed by atoms with Gasteiger partial charge >= 0.3 is 0 Å². The number of likely N-dealkylation sites (N-methyl/N-ethyl adjacent to an activating group) is 1. The Morgan fingerprint density at radius 1 is 1.50 bits per heavy atom. The third-order valence-electron chi connectivity index (χ3n) is 2.33. The fourth-order valence-corrected chi connectivity index (χ4v) is 1.80. The molecular formula is C12H13BrN2O. The second-order valence-electron chi connectivity index (χ2n) is 3.49. The summed E-state index contributed by atoms with van der Waals surface area (Å²) in [5, 5.41) is 8.41. The number of nitrogens with zero attached hydrogens (tertiary/aromatic N) is 2. The Labute approximate surface area is 104 Å². The number of hydrogen-bond acceptors (Lipinski definition) is 2. The van der Waals surface area contributed by atoms with Gasteiger partial charge in [0.2, 0.25) is 5.91 Å². The van der Waals surface area contributed by atoms with Crippen LogP contribution in [0.15, 0.2) is 28.7 Å². The van der Waals surface area contributed by atoms with Crippen LogP contribution in [0, 0.1) is 11.3 Å². The molecule has 0 bridgehead atoms. The predicted octanol–water partition coefficient (Wildman–Crippen LogP) is 2.36. The molecule has 0 saturated heterocycles. The summed E-state index contributed by atoms with van der Waals surface area (Å²) in [6, 6.07) is 9.78. The second-order valence-corrected chi connectivity index (χ2v) is 4.35. The Morgan fingerprint density at radius 3 is 2.81 bits per heavy atom. The van der Waals surface area contributed by atoms with E-state index in [1.807, 2.05) is 30.3 Å². The summed E-state index contributed by atoms with van der Waals surface area (Å²) in [4.78, 5) is 12.9. The minimum Gasteiger partial charge on any atom is -0.345 e. The summed E-state index contributed by atoms with van der Waals surface area (Å²) >= 11 is 3.46. The van der Waals surface area contributed by atoms with Crippen molar-refractivity contribution in [1.82, 2.24) is 4.90 Å². The van der Waals surface area contributed by atoms with Crippen LogP contribution in [0.5, 0.6) is 0 Å². The quantitative estimate of drug-likeness (QED) is 0.850. The lowest BCUT2D eigenvalue weighted by Gasteiger charge is -2.15. The van der Waals surface area contributed by atoms with Crippen LogP contribution in [0.25, 0.3) is 0 Å². The van der Waals surface area contributed by atoms with E-state index in [0.717, 1.165) is 10.9 Å². The van der Waals surface area contributed by atoms with Crippen molar-refractivity contribution in [2.45, 2.75) is 12.8 Å². The van der Waals surface area contributed by atoms with E-state index < -0.39 is 0 Å². The molecule has 0 atom stereocenters. The van der Waals surface area contributed by atoms with Gasteiger partial charge in [0.15, 0.2) is 0 Å². The van der Waals surface area contributed by atoms with E-state index in [9.17, 15) is 4.79 Å². The summed E-state index contributed by atoms with van der Waals surface area (Å²) in [6.45, 7) is 0.628. The maximum absolute atomic E-state index is 11.3. The highest BCUT2D eigenvalue weighted by Crippen LogP contribution is 2.16. The normalized spacial score (nSPS) is 9.56. The van der Waals surface area contributed by atoms with Crippen LogP contribution in [0.3, 0.4) is 0 Å². The first kappa shape index (κ1) is 12.7. The molecule has 0 unspecified atom stereocenters. The molecule has 84 valence electrons. The van der Waals surface area contributed by atoms with Crippen LogP contribution in [-0.4, -0.2) is 24.4 Å². The van der Waals surface area contributed by atoms with Crippen LogP contribution >= 0.6 is 15.9 Å². The number of rotatable bonds is 4. The van der Waals surface area contributed by atoms with Crippen LogP contribution in [0.1, 0.15) is 12.0 Å². The van der Waals surface area contributed by atoms with Crippen molar-refractivity contribution in [3.63, 3.8) is 0 Å². The summed E-state index contributed by atoms with van der Waals surface area (Å²) in [6.07, 6.45) is 0.738. The number of carbonyl (C=O) groups excluding carboxylic acids is 1. The van der Waals surface area contributed by atoms with Crippen molar-refractivity contribution in [2.75, 3.05) is 13.6 Å². The third-order valence-corrected chi connectivity index (χ3v) is 3.10. The highest BCUT2D eigenvalue weighted by atomic mass is 79.9. The van der Waals surface area contributed by atoms with Gasteiger partial charge in [0.25, 0.3) is 0 Å². The monoisotopic (exact) mass is 280 g/mol. The standard InChI is InChI=1S/C12H13BrN2O/c1-15(12(16)6-8-14)9-7-10-4-2-3-5-11(10)13/h2-5H,6-7,9H2,1H3. The van der Waals surface area contributed by atoms with E-state index >= 15 is 0 Å². The molecule has 0 fully saturated rings. The lowest BCUT2D eigenvalue weighted by Crippen LogP contribution is -2.28. The molecule has 16 heavy (non-hydrogen) atoms. The van der Waals surface area contributed by atoms with Gasteiger partial charge < -0.3 is 4.90 Å². The smallest absolute Gasteiger partial charge is 0.236 e. The lowest BCUT2D eigenvalue weighted by molar-refractivity contribution is -0.128. The van der Waals surface area contributed by atoms with Crippen molar-refractivity contribution in [3.8, 4) is 6.07 Å². The molecule has 3 nitrogen and oxygen atoms in total. The number of hydrogen-bond donors (Lipinski definition) is 0. The molecule has 0 saturated carbocycles. The number of amides is 1. The van der Waals surface area contributed by atoms with Gasteiger partial charge in [0.05, 0.1) is 6.07 Å². The Kier molecular flexibility index (Phi) is 5.00. The van der Waals surface area contributed by atoms with Gasteiger partial charge in [0, 0.05) is 18.1 Å². The van der Waals surface area contributed by atoms with Crippen LogP contribution in [0.4, 0.5) is 0 Å². The molecular weight excluding hydrogens is 268 g/mol. The molecule has 1 amide bonds. The molecule has 1 aromatic carbocycles. The number of nitriles is 1. The molecule has 0 aliphatic rings. The Hall–Kier alpha value is -1.34. The Morgan fingerprint density at radius 2 is 2.19 bits per heavy atom. The first-order valence-corrected chi connectivity index (χ1v) is 5.78. The average molecular weight is 281 g/mol. The summed E-state index contributed by atoms with van der Waals surface area (Å²) in [7, 11) is 1.72. The zero-order valence-corrected chi connectivity index (χ0v) is 10.7. The molecule has 0 aliphatic carbocycles. The Balaban J connectivity index is 2.49. The number of benzene rings is 1. The molecule has 0 radical (unpaired) electrons. The highest BCUT2D eigenvalue weighted by Gasteiger charge is 2.08. The minimum absolute atomic E-state index is 0.0491. The van der Waals surface area contributed by atoms with Crippen molar-refractivity contribution >= 4 is 21.8 Å². The maximum Gasteiger partial charge on any atom is 0.236 e. The Bertz CT molecular complexity index is 412. The van der Waals surface area contributed by atoms with E-state index in [0.29, 0.717) is 6.54 Å². The average Bonchev–Trinajstić information content (AvgIpc) is 2.28. The predicted molar refractivity (Wildman–Crippen MR) is 65.7 cm³/mol. The second kappa shape index (κ2) is 6.29. The van der Waals surface area contributed by atoms with Crippen molar-refractivity contribution in [3.05, 3.63) is 34.3 Å². The fraction of sp³-hybridized carbons (Fsp3) is 0.333. The molecule has 1 rings (SSSR count). The summed E-state index contributed by atoms with van der Waals surface area (Å²) < 4.78 is 1.05. The zero-order valence-electron chi connectivity index (χ0n) is 9.11. The lowest BCUT2D eigenvalue weighted by atomic mass is 10.1. The van der Waals surface area contributed by atoms with Gasteiger partial charge in [-0.3, -0.25) is 4.79 Å². The first-order valence-electron chi connectivity index (χ1n) is 4.99. The van der Waals surface area contributed by atoms with Crippen molar-refractivity contribution < 1.29 is 4.79 Å². The molecule has 4 heteroatoms. The van der Waals surface area contributed by atoms with E-state index in [1.165, 1.54) is 5.56 Å². The molecule has 0 spiro atoms. The number of carbonyl (C=O) groups is 1. The molecule has 0 aliphatic heterocycles. The minimum atomic E-state index is -0.130. The van der Waals surface area contributed by atoms with E-state index in [4.69, 9.17) is 5.26 Å². The van der Waals surface area contributed by atoms with E-state index in [2.05, 4.69) is 15.9 Å². The van der Waals surface area contributed by atoms with E-state index in [1.54, 1.807) is 11.9 Å². The molecule has 0 N–H and O–H groups in total. The van der Waals surface area contributed by atoms with Gasteiger partial charge in [0.1, 0.15) is 6.42 Å². The molecule has 1 aromatic rings. The highest BCUT2D eigenvalue weighted by molar-refractivity contribution is 9.10. The van der Waals surface area contributed by atoms with Crippen molar-refractivity contribution in [2.24, 2.45) is 0 Å². The van der Waals surface area contributed by atoms with Gasteiger partial charge in [-0.1, -0.05) is 34.1 Å². The van der Waals surface area contributed by atoms with Crippen LogP contribution in [-0.2, 0) is 11.2 Å². The fourth-order valence-electron chi connectivity index (χ4n) is 1.32. The van der Waals surface area contributed by atoms with Crippen LogP contribution < -0.4 is 0 Å². The maximum atomic E-state index is 11.3. The van der Waals surface area contributed by atoms with Gasteiger partial charge in [-0.2, -0.15) is 5.26 Å².